The second kappa shape index (κ2) is 6.34. The fourth-order valence-electron chi connectivity index (χ4n) is 2.07. The van der Waals surface area contributed by atoms with Crippen LogP contribution in [0.1, 0.15) is 28.9 Å². The van der Waals surface area contributed by atoms with Crippen molar-refractivity contribution in [2.45, 2.75) is 13.0 Å². The highest BCUT2D eigenvalue weighted by molar-refractivity contribution is 14.1. The average Bonchev–Trinajstić information content (AvgIpc) is 2.48. The van der Waals surface area contributed by atoms with Gasteiger partial charge in [-0.2, -0.15) is 0 Å². The van der Waals surface area contributed by atoms with Crippen LogP contribution < -0.4 is 0 Å². The molecule has 0 fully saturated rings. The van der Waals surface area contributed by atoms with Crippen LogP contribution in [-0.2, 0) is 0 Å². The van der Waals surface area contributed by atoms with Gasteiger partial charge in [0, 0.05) is 18.2 Å². The van der Waals surface area contributed by atoms with Crippen molar-refractivity contribution in [2.75, 3.05) is 7.05 Å². The first-order valence-corrected chi connectivity index (χ1v) is 7.53. The van der Waals surface area contributed by atoms with Crippen LogP contribution in [-0.4, -0.2) is 28.1 Å². The van der Waals surface area contributed by atoms with Crippen molar-refractivity contribution in [3.8, 4) is 11.5 Å². The molecule has 0 aliphatic heterocycles. The largest absolute Gasteiger partial charge is 0.508 e. The summed E-state index contributed by atoms with van der Waals surface area (Å²) in [5.74, 6) is 0.0395. The van der Waals surface area contributed by atoms with Crippen LogP contribution in [0, 0.1) is 3.57 Å². The van der Waals surface area contributed by atoms with Crippen molar-refractivity contribution in [1.82, 2.24) is 4.90 Å². The van der Waals surface area contributed by atoms with Gasteiger partial charge in [0.25, 0.3) is 5.91 Å². The van der Waals surface area contributed by atoms with Gasteiger partial charge in [0.1, 0.15) is 11.5 Å². The summed E-state index contributed by atoms with van der Waals surface area (Å²) in [6, 6.07) is 11.5. The van der Waals surface area contributed by atoms with Gasteiger partial charge in [0.15, 0.2) is 0 Å². The maximum absolute atomic E-state index is 12.5. The number of phenolic OH excluding ortho intramolecular Hbond substituents is 2. The van der Waals surface area contributed by atoms with Crippen molar-refractivity contribution < 1.29 is 15.0 Å². The van der Waals surface area contributed by atoms with E-state index in [1.165, 1.54) is 11.0 Å². The Morgan fingerprint density at radius 3 is 2.43 bits per heavy atom. The zero-order chi connectivity index (χ0) is 15.6. The van der Waals surface area contributed by atoms with E-state index in [-0.39, 0.29) is 23.4 Å². The van der Waals surface area contributed by atoms with Gasteiger partial charge in [-0.15, -0.1) is 0 Å². The third-order valence-corrected chi connectivity index (χ3v) is 4.39. The predicted octanol–water partition coefficient (Wildman–Crippen LogP) is 3.54. The molecule has 1 amide bonds. The predicted molar refractivity (Wildman–Crippen MR) is 89.4 cm³/mol. The third-order valence-electron chi connectivity index (χ3n) is 3.48. The lowest BCUT2D eigenvalue weighted by atomic mass is 10.0. The fraction of sp³-hybridized carbons (Fsp3) is 0.188. The molecule has 0 aliphatic carbocycles. The molecular weight excluding hydrogens is 381 g/mol. The maximum atomic E-state index is 12.5. The second-order valence-electron chi connectivity index (χ2n) is 4.82. The number of hydrogen-bond acceptors (Lipinski definition) is 3. The number of hydrogen-bond donors (Lipinski definition) is 2. The number of halogens is 1. The van der Waals surface area contributed by atoms with Crippen LogP contribution in [0.4, 0.5) is 0 Å². The molecule has 0 saturated carbocycles. The van der Waals surface area contributed by atoms with E-state index < -0.39 is 0 Å². The van der Waals surface area contributed by atoms with E-state index in [1.54, 1.807) is 37.4 Å². The number of nitrogens with zero attached hydrogens (tertiary/aromatic N) is 1. The summed E-state index contributed by atoms with van der Waals surface area (Å²) in [6.07, 6.45) is 0. The maximum Gasteiger partial charge on any atom is 0.254 e. The summed E-state index contributed by atoms with van der Waals surface area (Å²) in [5, 5.41) is 19.6. The summed E-state index contributed by atoms with van der Waals surface area (Å²) >= 11 is 2.00. The molecule has 0 heterocycles. The summed E-state index contributed by atoms with van der Waals surface area (Å²) in [7, 11) is 1.68. The van der Waals surface area contributed by atoms with Gasteiger partial charge in [0.2, 0.25) is 0 Å². The molecule has 4 nitrogen and oxygen atoms in total. The molecule has 0 bridgehead atoms. The molecule has 1 atom stereocenters. The zero-order valence-electron chi connectivity index (χ0n) is 11.7. The molecule has 0 aliphatic rings. The van der Waals surface area contributed by atoms with E-state index in [0.29, 0.717) is 14.7 Å². The van der Waals surface area contributed by atoms with Crippen molar-refractivity contribution in [3.63, 3.8) is 0 Å². The van der Waals surface area contributed by atoms with E-state index in [9.17, 15) is 15.0 Å². The van der Waals surface area contributed by atoms with Gasteiger partial charge in [-0.25, -0.2) is 0 Å². The van der Waals surface area contributed by atoms with Crippen LogP contribution >= 0.6 is 22.6 Å². The summed E-state index contributed by atoms with van der Waals surface area (Å²) in [5.41, 5.74) is 1.10. The molecule has 0 radical (unpaired) electrons. The Morgan fingerprint density at radius 2 is 1.81 bits per heavy atom. The first-order chi connectivity index (χ1) is 9.91. The smallest absolute Gasteiger partial charge is 0.254 e. The topological polar surface area (TPSA) is 60.8 Å². The van der Waals surface area contributed by atoms with Crippen molar-refractivity contribution in [1.29, 1.82) is 0 Å². The van der Waals surface area contributed by atoms with Gasteiger partial charge in [-0.3, -0.25) is 4.79 Å². The molecule has 5 heteroatoms. The first kappa shape index (κ1) is 15.6. The monoisotopic (exact) mass is 397 g/mol. The van der Waals surface area contributed by atoms with E-state index >= 15 is 0 Å². The lowest BCUT2D eigenvalue weighted by molar-refractivity contribution is 0.0741. The summed E-state index contributed by atoms with van der Waals surface area (Å²) in [6.45, 7) is 1.85. The van der Waals surface area contributed by atoms with Crippen LogP contribution in [0.15, 0.2) is 42.5 Å². The minimum atomic E-state index is -0.278. The number of para-hydroxylation sites is 1. The molecule has 1 unspecified atom stereocenters. The Bertz CT molecular complexity index is 672. The molecule has 2 N–H and O–H groups in total. The van der Waals surface area contributed by atoms with Gasteiger partial charge in [-0.1, -0.05) is 18.2 Å². The highest BCUT2D eigenvalue weighted by Crippen LogP contribution is 2.29. The van der Waals surface area contributed by atoms with E-state index in [4.69, 9.17) is 0 Å². The van der Waals surface area contributed by atoms with E-state index in [0.717, 1.165) is 0 Å². The molecule has 21 heavy (non-hydrogen) atoms. The van der Waals surface area contributed by atoms with Crippen LogP contribution in [0.2, 0.25) is 0 Å². The number of aromatic hydroxyl groups is 2. The zero-order valence-corrected chi connectivity index (χ0v) is 13.9. The number of rotatable bonds is 3. The third kappa shape index (κ3) is 3.29. The SMILES string of the molecule is CC(c1ccccc1O)N(C)C(=O)c1ccc(I)c(O)c1. The summed E-state index contributed by atoms with van der Waals surface area (Å²) in [4.78, 5) is 14.0. The minimum Gasteiger partial charge on any atom is -0.508 e. The van der Waals surface area contributed by atoms with Crippen molar-refractivity contribution in [2.24, 2.45) is 0 Å². The van der Waals surface area contributed by atoms with Gasteiger partial charge in [-0.05, 0) is 53.8 Å². The van der Waals surface area contributed by atoms with Crippen LogP contribution in [0.25, 0.3) is 0 Å². The number of amides is 1. The Kier molecular flexibility index (Phi) is 4.72. The van der Waals surface area contributed by atoms with E-state index in [1.807, 2.05) is 35.6 Å². The van der Waals surface area contributed by atoms with Gasteiger partial charge < -0.3 is 15.1 Å². The first-order valence-electron chi connectivity index (χ1n) is 6.45. The number of benzene rings is 2. The van der Waals surface area contributed by atoms with Gasteiger partial charge in [0.05, 0.1) is 9.61 Å². The molecular formula is C16H16INO3. The van der Waals surface area contributed by atoms with Crippen LogP contribution in [0.3, 0.4) is 0 Å². The molecule has 2 rings (SSSR count). The Hall–Kier alpha value is -1.76. The molecule has 110 valence electrons. The highest BCUT2D eigenvalue weighted by Gasteiger charge is 2.21. The molecule has 2 aromatic carbocycles. The average molecular weight is 397 g/mol. The highest BCUT2D eigenvalue weighted by atomic mass is 127. The lowest BCUT2D eigenvalue weighted by Gasteiger charge is -2.26. The van der Waals surface area contributed by atoms with Crippen LogP contribution in [0.5, 0.6) is 11.5 Å². The Labute approximate surface area is 137 Å². The van der Waals surface area contributed by atoms with E-state index in [2.05, 4.69) is 0 Å². The molecule has 0 aromatic heterocycles. The Morgan fingerprint density at radius 1 is 1.14 bits per heavy atom. The minimum absolute atomic E-state index is 0.0880. The normalized spacial score (nSPS) is 12.0. The quantitative estimate of drug-likeness (QED) is 0.780. The number of phenols is 2. The van der Waals surface area contributed by atoms with Crippen molar-refractivity contribution in [3.05, 3.63) is 57.2 Å². The summed E-state index contributed by atoms with van der Waals surface area (Å²) < 4.78 is 0.695. The molecule has 0 spiro atoms. The number of carbonyl (C=O) groups is 1. The molecule has 0 saturated heterocycles. The van der Waals surface area contributed by atoms with Crippen molar-refractivity contribution >= 4 is 28.5 Å². The molecule has 2 aromatic rings. The lowest BCUT2D eigenvalue weighted by Crippen LogP contribution is -2.29. The standard InChI is InChI=1S/C16H16INO3/c1-10(12-5-3-4-6-14(12)19)18(2)16(21)11-7-8-13(17)15(20)9-11/h3-10,19-20H,1-2H3. The van der Waals surface area contributed by atoms with Gasteiger partial charge >= 0.3 is 0 Å². The second-order valence-corrected chi connectivity index (χ2v) is 5.98. The Balaban J connectivity index is 2.26. The number of carbonyl (C=O) groups excluding carboxylic acids is 1. The fourth-order valence-corrected chi connectivity index (χ4v) is 2.41.